The number of allylic oxidation sites excluding steroid dienone is 1. The quantitative estimate of drug-likeness (QED) is 0.326. The van der Waals surface area contributed by atoms with Crippen molar-refractivity contribution in [2.24, 2.45) is 5.92 Å². The lowest BCUT2D eigenvalue weighted by Crippen LogP contribution is -2.47. The molecule has 0 bridgehead atoms. The molecule has 1 saturated heterocycles. The molecule has 0 aromatic heterocycles. The maximum Gasteiger partial charge on any atom is 0.335 e. The lowest BCUT2D eigenvalue weighted by Gasteiger charge is -2.39. The SMILES string of the molecule is Cc1ccc(C2=C(c3ccc(CC4CN(CCCF)C4)cc3)c3ccc(C(=O)O)cc3CCC2)c(F)c1.Cl. The number of aromatic carboxylic acids is 1. The summed E-state index contributed by atoms with van der Waals surface area (Å²) >= 11 is 0. The van der Waals surface area contributed by atoms with Gasteiger partial charge < -0.3 is 10.0 Å². The fraction of sp³-hybridized carbons (Fsp3) is 0.344. The van der Waals surface area contributed by atoms with Gasteiger partial charge in [-0.15, -0.1) is 12.4 Å². The van der Waals surface area contributed by atoms with Gasteiger partial charge in [-0.25, -0.2) is 9.18 Å². The molecule has 0 amide bonds. The van der Waals surface area contributed by atoms with Gasteiger partial charge in [0.15, 0.2) is 0 Å². The van der Waals surface area contributed by atoms with Gasteiger partial charge in [-0.05, 0) is 102 Å². The van der Waals surface area contributed by atoms with E-state index in [1.165, 1.54) is 5.56 Å². The van der Waals surface area contributed by atoms with Crippen LogP contribution in [0.1, 0.15) is 63.0 Å². The van der Waals surface area contributed by atoms with Crippen LogP contribution in [0.2, 0.25) is 0 Å². The number of carbonyl (C=O) groups is 1. The maximum absolute atomic E-state index is 15.2. The zero-order valence-electron chi connectivity index (χ0n) is 21.7. The zero-order valence-corrected chi connectivity index (χ0v) is 22.5. The van der Waals surface area contributed by atoms with Crippen LogP contribution < -0.4 is 0 Å². The van der Waals surface area contributed by atoms with Gasteiger partial charge in [-0.3, -0.25) is 4.39 Å². The molecular weight excluding hydrogens is 504 g/mol. The summed E-state index contributed by atoms with van der Waals surface area (Å²) in [6, 6.07) is 19.3. The van der Waals surface area contributed by atoms with E-state index < -0.39 is 5.97 Å². The molecule has 0 radical (unpaired) electrons. The average molecular weight is 538 g/mol. The summed E-state index contributed by atoms with van der Waals surface area (Å²) in [5.74, 6) is -0.571. The Balaban J connectivity index is 0.00000336. The Morgan fingerprint density at radius 2 is 1.74 bits per heavy atom. The van der Waals surface area contributed by atoms with Crippen LogP contribution in [0.4, 0.5) is 8.78 Å². The number of likely N-dealkylation sites (tertiary alicyclic amines) is 1. The first-order valence-electron chi connectivity index (χ1n) is 13.2. The monoisotopic (exact) mass is 537 g/mol. The molecule has 1 fully saturated rings. The molecule has 0 atom stereocenters. The lowest BCUT2D eigenvalue weighted by atomic mass is 9.86. The minimum Gasteiger partial charge on any atom is -0.478 e. The predicted octanol–water partition coefficient (Wildman–Crippen LogP) is 7.38. The number of alkyl halides is 1. The number of fused-ring (bicyclic) bond motifs is 1. The van der Waals surface area contributed by atoms with Crippen molar-refractivity contribution in [1.82, 2.24) is 4.90 Å². The minimum absolute atomic E-state index is 0. The topological polar surface area (TPSA) is 40.5 Å². The summed E-state index contributed by atoms with van der Waals surface area (Å²) in [4.78, 5) is 13.9. The summed E-state index contributed by atoms with van der Waals surface area (Å²) < 4.78 is 27.6. The molecule has 5 rings (SSSR count). The Hall–Kier alpha value is -3.02. The van der Waals surface area contributed by atoms with Crippen molar-refractivity contribution in [3.63, 3.8) is 0 Å². The van der Waals surface area contributed by atoms with E-state index in [0.29, 0.717) is 24.3 Å². The Morgan fingerprint density at radius 1 is 1.00 bits per heavy atom. The highest BCUT2D eigenvalue weighted by Crippen LogP contribution is 2.41. The highest BCUT2D eigenvalue weighted by atomic mass is 35.5. The maximum atomic E-state index is 15.2. The Kier molecular flexibility index (Phi) is 9.01. The van der Waals surface area contributed by atoms with Crippen molar-refractivity contribution in [1.29, 1.82) is 0 Å². The van der Waals surface area contributed by atoms with Crippen molar-refractivity contribution in [3.05, 3.63) is 105 Å². The lowest BCUT2D eigenvalue weighted by molar-refractivity contribution is 0.0696. The van der Waals surface area contributed by atoms with Crippen LogP contribution in [0.15, 0.2) is 60.7 Å². The van der Waals surface area contributed by atoms with Gasteiger partial charge in [0.05, 0.1) is 12.2 Å². The summed E-state index contributed by atoms with van der Waals surface area (Å²) in [6.07, 6.45) is 3.88. The summed E-state index contributed by atoms with van der Waals surface area (Å²) in [5.41, 5.74) is 7.97. The van der Waals surface area contributed by atoms with Crippen LogP contribution in [0.25, 0.3) is 11.1 Å². The number of aryl methyl sites for hydroxylation is 2. The van der Waals surface area contributed by atoms with Crippen molar-refractivity contribution < 1.29 is 18.7 Å². The van der Waals surface area contributed by atoms with Gasteiger partial charge in [0.2, 0.25) is 0 Å². The second kappa shape index (κ2) is 12.2. The van der Waals surface area contributed by atoms with E-state index in [0.717, 1.165) is 72.3 Å². The molecule has 6 heteroatoms. The van der Waals surface area contributed by atoms with E-state index in [4.69, 9.17) is 0 Å². The Labute approximate surface area is 229 Å². The minimum atomic E-state index is -0.939. The predicted molar refractivity (Wildman–Crippen MR) is 151 cm³/mol. The number of benzene rings is 3. The van der Waals surface area contributed by atoms with Crippen LogP contribution in [-0.4, -0.2) is 42.3 Å². The summed E-state index contributed by atoms with van der Waals surface area (Å²) in [6.45, 7) is 4.50. The molecule has 1 aliphatic heterocycles. The fourth-order valence-electron chi connectivity index (χ4n) is 5.80. The van der Waals surface area contributed by atoms with Crippen molar-refractivity contribution in [2.45, 2.75) is 39.0 Å². The molecule has 0 saturated carbocycles. The number of hydrogen-bond donors (Lipinski definition) is 1. The van der Waals surface area contributed by atoms with Crippen LogP contribution >= 0.6 is 12.4 Å². The highest BCUT2D eigenvalue weighted by Gasteiger charge is 2.26. The van der Waals surface area contributed by atoms with Gasteiger partial charge >= 0.3 is 5.97 Å². The van der Waals surface area contributed by atoms with Crippen molar-refractivity contribution in [2.75, 3.05) is 26.3 Å². The summed E-state index contributed by atoms with van der Waals surface area (Å²) in [7, 11) is 0. The average Bonchev–Trinajstić information content (AvgIpc) is 3.04. The summed E-state index contributed by atoms with van der Waals surface area (Å²) in [5, 5.41) is 9.54. The van der Waals surface area contributed by atoms with E-state index in [-0.39, 0.29) is 30.5 Å². The second-order valence-corrected chi connectivity index (χ2v) is 10.4. The zero-order chi connectivity index (χ0) is 25.9. The molecule has 3 aromatic rings. The van der Waals surface area contributed by atoms with Gasteiger partial charge in [0, 0.05) is 25.2 Å². The van der Waals surface area contributed by atoms with Crippen LogP contribution in [0.5, 0.6) is 0 Å². The van der Waals surface area contributed by atoms with Gasteiger partial charge in [-0.2, -0.15) is 0 Å². The molecule has 0 unspecified atom stereocenters. The van der Waals surface area contributed by atoms with Gasteiger partial charge in [0.25, 0.3) is 0 Å². The third-order valence-corrected chi connectivity index (χ3v) is 7.65. The van der Waals surface area contributed by atoms with Crippen LogP contribution in [0.3, 0.4) is 0 Å². The van der Waals surface area contributed by atoms with Gasteiger partial charge in [-0.1, -0.05) is 42.5 Å². The van der Waals surface area contributed by atoms with Crippen LogP contribution in [0, 0.1) is 18.7 Å². The number of hydrogen-bond acceptors (Lipinski definition) is 2. The molecule has 1 aliphatic carbocycles. The molecule has 1 heterocycles. The molecule has 200 valence electrons. The third-order valence-electron chi connectivity index (χ3n) is 7.65. The molecule has 3 nitrogen and oxygen atoms in total. The van der Waals surface area contributed by atoms with Crippen molar-refractivity contribution in [3.8, 4) is 0 Å². The van der Waals surface area contributed by atoms with E-state index in [1.807, 2.05) is 25.1 Å². The first-order chi connectivity index (χ1) is 17.9. The highest BCUT2D eigenvalue weighted by molar-refractivity contribution is 6.00. The number of halogens is 3. The second-order valence-electron chi connectivity index (χ2n) is 10.4. The molecule has 38 heavy (non-hydrogen) atoms. The number of rotatable bonds is 8. The smallest absolute Gasteiger partial charge is 0.335 e. The third kappa shape index (κ3) is 6.00. The normalized spacial score (nSPS) is 15.9. The van der Waals surface area contributed by atoms with E-state index in [1.54, 1.807) is 18.2 Å². The largest absolute Gasteiger partial charge is 0.478 e. The number of carboxylic acids is 1. The van der Waals surface area contributed by atoms with E-state index >= 15 is 4.39 Å². The first-order valence-corrected chi connectivity index (χ1v) is 13.2. The molecule has 0 spiro atoms. The Bertz CT molecular complexity index is 1330. The standard InChI is InChI=1S/C32H33F2NO2.ClH/c1-21-6-12-28(30(34)16-21)29-5-2-4-25-18-26(32(36)37)11-13-27(25)31(29)24-9-7-22(8-10-24)17-23-19-35(20-23)15-3-14-33;/h6-13,16,18,23H,2-5,14-15,17,19-20H2,1H3,(H,36,37);1H. The van der Waals surface area contributed by atoms with Crippen LogP contribution in [-0.2, 0) is 12.8 Å². The fourth-order valence-corrected chi connectivity index (χ4v) is 5.80. The van der Waals surface area contributed by atoms with E-state index in [2.05, 4.69) is 29.2 Å². The molecule has 3 aromatic carbocycles. The molecular formula is C32H34ClF2NO2. The first kappa shape index (κ1) is 28.0. The molecule has 1 N–H and O–H groups in total. The Morgan fingerprint density at radius 3 is 2.42 bits per heavy atom. The van der Waals surface area contributed by atoms with Gasteiger partial charge in [0.1, 0.15) is 5.82 Å². The van der Waals surface area contributed by atoms with E-state index in [9.17, 15) is 14.3 Å². The number of nitrogens with zero attached hydrogens (tertiary/aromatic N) is 1. The van der Waals surface area contributed by atoms with Crippen molar-refractivity contribution >= 4 is 29.5 Å². The molecule has 2 aliphatic rings. The number of carboxylic acid groups (broad SMARTS) is 1.